The van der Waals surface area contributed by atoms with Gasteiger partial charge < -0.3 is 9.84 Å². The Morgan fingerprint density at radius 2 is 1.80 bits per heavy atom. The zero-order valence-corrected chi connectivity index (χ0v) is 13.6. The summed E-state index contributed by atoms with van der Waals surface area (Å²) < 4.78 is 5.11. The molecule has 112 valence electrons. The molecule has 1 N–H and O–H groups in total. The van der Waals surface area contributed by atoms with Gasteiger partial charge in [0.05, 0.1) is 0 Å². The Bertz CT molecular complexity index is 498. The molecule has 0 aliphatic carbocycles. The summed E-state index contributed by atoms with van der Waals surface area (Å²) in [7, 11) is 1.54. The first-order chi connectivity index (χ1) is 9.09. The van der Waals surface area contributed by atoms with E-state index in [1.807, 2.05) is 26.0 Å². The molecule has 0 fully saturated rings. The van der Waals surface area contributed by atoms with Gasteiger partial charge in [0, 0.05) is 13.0 Å². The minimum absolute atomic E-state index is 0.0532. The van der Waals surface area contributed by atoms with Gasteiger partial charge in [-0.3, -0.25) is 4.79 Å². The van der Waals surface area contributed by atoms with Crippen molar-refractivity contribution in [3.8, 4) is 5.75 Å². The van der Waals surface area contributed by atoms with Crippen LogP contribution in [0.2, 0.25) is 0 Å². The number of carbonyl (C=O) groups excluding carboxylic acids is 1. The number of rotatable bonds is 4. The smallest absolute Gasteiger partial charge is 0.168 e. The molecule has 0 aliphatic heterocycles. The molecule has 0 spiro atoms. The van der Waals surface area contributed by atoms with Gasteiger partial charge >= 0.3 is 0 Å². The highest BCUT2D eigenvalue weighted by Gasteiger charge is 2.25. The minimum Gasteiger partial charge on any atom is -0.507 e. The van der Waals surface area contributed by atoms with Crippen molar-refractivity contribution in [2.75, 3.05) is 7.11 Å². The molecule has 0 bridgehead atoms. The van der Waals surface area contributed by atoms with E-state index in [0.717, 1.165) is 16.7 Å². The normalized spacial score (nSPS) is 14.9. The molecule has 0 saturated carbocycles. The second-order valence-corrected chi connectivity index (χ2v) is 6.49. The third-order valence-corrected chi connectivity index (χ3v) is 3.81. The molecule has 2 unspecified atom stereocenters. The SMILES string of the molecule is COC(C)C(=O)C(C)c1cc(C)c(O)c(C(C)(C)C)c1. The number of phenolic OH excluding ortho intramolecular Hbond substituents is 1. The summed E-state index contributed by atoms with van der Waals surface area (Å²) in [6, 6.07) is 3.82. The van der Waals surface area contributed by atoms with Crippen LogP contribution in [0, 0.1) is 6.92 Å². The fourth-order valence-corrected chi connectivity index (χ4v) is 2.26. The number of ether oxygens (including phenoxy) is 1. The third kappa shape index (κ3) is 3.40. The van der Waals surface area contributed by atoms with Crippen LogP contribution in [0.5, 0.6) is 5.75 Å². The van der Waals surface area contributed by atoms with E-state index in [2.05, 4.69) is 20.8 Å². The maximum atomic E-state index is 12.2. The van der Waals surface area contributed by atoms with Crippen LogP contribution in [0.1, 0.15) is 57.2 Å². The predicted molar refractivity (Wildman–Crippen MR) is 81.4 cm³/mol. The predicted octanol–water partition coefficient (Wildman–Crippen LogP) is 3.71. The molecule has 1 aromatic rings. The zero-order chi connectivity index (χ0) is 15.7. The van der Waals surface area contributed by atoms with Crippen molar-refractivity contribution in [3.05, 3.63) is 28.8 Å². The largest absolute Gasteiger partial charge is 0.507 e. The molecular formula is C17H26O3. The van der Waals surface area contributed by atoms with Crippen LogP contribution in [-0.4, -0.2) is 24.1 Å². The number of carbonyl (C=O) groups is 1. The second-order valence-electron chi connectivity index (χ2n) is 6.49. The summed E-state index contributed by atoms with van der Waals surface area (Å²) in [6.45, 7) is 11.7. The number of benzene rings is 1. The monoisotopic (exact) mass is 278 g/mol. The van der Waals surface area contributed by atoms with Crippen molar-refractivity contribution < 1.29 is 14.6 Å². The van der Waals surface area contributed by atoms with E-state index < -0.39 is 6.10 Å². The third-order valence-electron chi connectivity index (χ3n) is 3.81. The van der Waals surface area contributed by atoms with E-state index in [9.17, 15) is 9.90 Å². The van der Waals surface area contributed by atoms with Crippen molar-refractivity contribution in [1.29, 1.82) is 0 Å². The molecule has 20 heavy (non-hydrogen) atoms. The van der Waals surface area contributed by atoms with E-state index >= 15 is 0 Å². The van der Waals surface area contributed by atoms with Crippen molar-refractivity contribution >= 4 is 5.78 Å². The fourth-order valence-electron chi connectivity index (χ4n) is 2.26. The van der Waals surface area contributed by atoms with Crippen molar-refractivity contribution in [1.82, 2.24) is 0 Å². The number of hydrogen-bond donors (Lipinski definition) is 1. The molecule has 3 nitrogen and oxygen atoms in total. The van der Waals surface area contributed by atoms with Gasteiger partial charge in [0.2, 0.25) is 0 Å². The molecule has 1 rings (SSSR count). The topological polar surface area (TPSA) is 46.5 Å². The van der Waals surface area contributed by atoms with Crippen LogP contribution >= 0.6 is 0 Å². The van der Waals surface area contributed by atoms with Gasteiger partial charge in [0.15, 0.2) is 5.78 Å². The molecule has 3 heteroatoms. The Balaban J connectivity index is 3.27. The molecule has 1 aromatic carbocycles. The molecule has 0 heterocycles. The van der Waals surface area contributed by atoms with Crippen molar-refractivity contribution in [2.45, 2.75) is 59.0 Å². The number of ketones is 1. The highest BCUT2D eigenvalue weighted by molar-refractivity contribution is 5.89. The average Bonchev–Trinajstić information content (AvgIpc) is 2.37. The van der Waals surface area contributed by atoms with E-state index in [1.54, 1.807) is 6.92 Å². The number of methoxy groups -OCH3 is 1. The molecule has 0 saturated heterocycles. The van der Waals surface area contributed by atoms with Gasteiger partial charge in [-0.1, -0.05) is 39.8 Å². The molecule has 0 aliphatic rings. The van der Waals surface area contributed by atoms with E-state index in [0.29, 0.717) is 5.75 Å². The molecule has 0 radical (unpaired) electrons. The summed E-state index contributed by atoms with van der Waals surface area (Å²) in [5, 5.41) is 10.2. The quantitative estimate of drug-likeness (QED) is 0.913. The van der Waals surface area contributed by atoms with Gasteiger partial charge in [-0.15, -0.1) is 0 Å². The first-order valence-electron chi connectivity index (χ1n) is 7.00. The lowest BCUT2D eigenvalue weighted by atomic mass is 9.81. The van der Waals surface area contributed by atoms with Gasteiger partial charge in [0.25, 0.3) is 0 Å². The standard InChI is InChI=1S/C17H26O3/c1-10-8-13(11(2)16(19)12(3)20-7)9-14(15(10)18)17(4,5)6/h8-9,11-12,18H,1-7H3. The lowest BCUT2D eigenvalue weighted by Gasteiger charge is -2.24. The maximum Gasteiger partial charge on any atom is 0.168 e. The lowest BCUT2D eigenvalue weighted by molar-refractivity contribution is -0.129. The number of phenols is 1. The Labute approximate surface area is 122 Å². The van der Waals surface area contributed by atoms with Crippen LogP contribution in [0.15, 0.2) is 12.1 Å². The molecule has 2 atom stereocenters. The average molecular weight is 278 g/mol. The Morgan fingerprint density at radius 1 is 1.25 bits per heavy atom. The number of Topliss-reactive ketones (excluding diaryl/α,β-unsaturated/α-hetero) is 1. The van der Waals surface area contributed by atoms with Crippen LogP contribution in [0.3, 0.4) is 0 Å². The number of aryl methyl sites for hydroxylation is 1. The first-order valence-corrected chi connectivity index (χ1v) is 7.00. The minimum atomic E-state index is -0.419. The van der Waals surface area contributed by atoms with E-state index in [1.165, 1.54) is 7.11 Å². The number of aromatic hydroxyl groups is 1. The molecular weight excluding hydrogens is 252 g/mol. The first kappa shape index (κ1) is 16.7. The lowest BCUT2D eigenvalue weighted by Crippen LogP contribution is -2.24. The van der Waals surface area contributed by atoms with Crippen LogP contribution in [0.25, 0.3) is 0 Å². The van der Waals surface area contributed by atoms with Crippen LogP contribution in [-0.2, 0) is 14.9 Å². The highest BCUT2D eigenvalue weighted by Crippen LogP contribution is 2.36. The van der Waals surface area contributed by atoms with Crippen molar-refractivity contribution in [2.24, 2.45) is 0 Å². The summed E-state index contributed by atoms with van der Waals surface area (Å²) in [4.78, 5) is 12.2. The highest BCUT2D eigenvalue weighted by atomic mass is 16.5. The van der Waals surface area contributed by atoms with Gasteiger partial charge in [-0.05, 0) is 36.0 Å². The maximum absolute atomic E-state index is 12.2. The summed E-state index contributed by atoms with van der Waals surface area (Å²) >= 11 is 0. The van der Waals surface area contributed by atoms with Gasteiger partial charge in [0.1, 0.15) is 11.9 Å². The fraction of sp³-hybridized carbons (Fsp3) is 0.588. The van der Waals surface area contributed by atoms with Crippen molar-refractivity contribution in [3.63, 3.8) is 0 Å². The second kappa shape index (κ2) is 5.96. The molecule has 0 aromatic heterocycles. The Morgan fingerprint density at radius 3 is 2.25 bits per heavy atom. The Kier molecular flexibility index (Phi) is 4.98. The summed E-state index contributed by atoms with van der Waals surface area (Å²) in [5.41, 5.74) is 2.44. The van der Waals surface area contributed by atoms with Gasteiger partial charge in [-0.2, -0.15) is 0 Å². The zero-order valence-electron chi connectivity index (χ0n) is 13.6. The Hall–Kier alpha value is -1.35. The summed E-state index contributed by atoms with van der Waals surface area (Å²) in [5.74, 6) is 0.128. The number of hydrogen-bond acceptors (Lipinski definition) is 3. The summed E-state index contributed by atoms with van der Waals surface area (Å²) in [6.07, 6.45) is -0.419. The van der Waals surface area contributed by atoms with Crippen LogP contribution in [0.4, 0.5) is 0 Å². The van der Waals surface area contributed by atoms with Gasteiger partial charge in [-0.25, -0.2) is 0 Å². The van der Waals surface area contributed by atoms with E-state index in [4.69, 9.17) is 4.74 Å². The van der Waals surface area contributed by atoms with E-state index in [-0.39, 0.29) is 17.1 Å². The van der Waals surface area contributed by atoms with Crippen LogP contribution < -0.4 is 0 Å². The molecule has 0 amide bonds.